The van der Waals surface area contributed by atoms with Crippen LogP contribution in [0, 0.1) is 0 Å². The fourth-order valence-corrected chi connectivity index (χ4v) is 5.36. The Morgan fingerprint density at radius 1 is 0.659 bits per heavy atom. The normalized spacial score (nSPS) is 24.2. The van der Waals surface area contributed by atoms with E-state index in [0.717, 1.165) is 44.9 Å². The lowest BCUT2D eigenvalue weighted by molar-refractivity contribution is -0.304. The summed E-state index contributed by atoms with van der Waals surface area (Å²) < 4.78 is 17.2. The van der Waals surface area contributed by atoms with Crippen LogP contribution in [-0.4, -0.2) is 75.3 Å². The first-order valence-electron chi connectivity index (χ1n) is 16.5. The Bertz CT molecular complexity index is 674. The lowest BCUT2D eigenvalue weighted by atomic mass is 9.99. The van der Waals surface area contributed by atoms with Crippen molar-refractivity contribution in [3.8, 4) is 0 Å². The number of unbranched alkanes of at least 4 members (excludes halogenated alkanes) is 14. The Balaban J connectivity index is 2.64. The number of hydrogen-bond donors (Lipinski definition) is 4. The van der Waals surface area contributed by atoms with E-state index < -0.39 is 54.9 Å². The van der Waals surface area contributed by atoms with Gasteiger partial charge in [0.15, 0.2) is 6.29 Å². The van der Waals surface area contributed by atoms with Crippen LogP contribution in [0.5, 0.6) is 0 Å². The third kappa shape index (κ3) is 17.5. The first kappa shape index (κ1) is 37.8. The van der Waals surface area contributed by atoms with Crippen molar-refractivity contribution in [2.75, 3.05) is 0 Å². The summed E-state index contributed by atoms with van der Waals surface area (Å²) in [5.41, 5.74) is 0. The Labute approximate surface area is 248 Å². The van der Waals surface area contributed by atoms with Crippen LogP contribution in [0.4, 0.5) is 0 Å². The van der Waals surface area contributed by atoms with Crippen LogP contribution in [0.25, 0.3) is 0 Å². The highest BCUT2D eigenvalue weighted by molar-refractivity contribution is 5.72. The molecule has 0 aromatic carbocycles. The Hall–Kier alpha value is -1.26. The molecule has 7 atom stereocenters. The zero-order chi connectivity index (χ0) is 30.5. The van der Waals surface area contributed by atoms with E-state index in [1.54, 1.807) is 6.92 Å². The van der Waals surface area contributed by atoms with Crippen LogP contribution >= 0.6 is 0 Å². The van der Waals surface area contributed by atoms with Gasteiger partial charge in [-0.2, -0.15) is 0 Å². The highest BCUT2D eigenvalue weighted by atomic mass is 16.7. The molecule has 41 heavy (non-hydrogen) atoms. The van der Waals surface area contributed by atoms with Gasteiger partial charge in [-0.3, -0.25) is 9.59 Å². The molecule has 9 nitrogen and oxygen atoms in total. The maximum Gasteiger partial charge on any atom is 0.308 e. The first-order valence-corrected chi connectivity index (χ1v) is 16.5. The molecule has 4 N–H and O–H groups in total. The topological polar surface area (TPSA) is 143 Å². The van der Waals surface area contributed by atoms with Gasteiger partial charge in [0.25, 0.3) is 0 Å². The van der Waals surface area contributed by atoms with E-state index in [1.807, 2.05) is 0 Å². The number of carbonyl (C=O) groups is 2. The molecule has 9 heteroatoms. The molecule has 1 aliphatic heterocycles. The lowest BCUT2D eigenvalue weighted by Crippen LogP contribution is -2.58. The minimum Gasteiger partial charge on any atom is -0.481 e. The second-order valence-corrected chi connectivity index (χ2v) is 11.9. The van der Waals surface area contributed by atoms with Crippen molar-refractivity contribution in [2.45, 2.75) is 192 Å². The molecule has 0 spiro atoms. The minimum atomic E-state index is -1.46. The van der Waals surface area contributed by atoms with E-state index in [1.165, 1.54) is 57.8 Å². The van der Waals surface area contributed by atoms with Gasteiger partial charge in [0, 0.05) is 0 Å². The second-order valence-electron chi connectivity index (χ2n) is 11.9. The Kier molecular flexibility index (Phi) is 21.4. The van der Waals surface area contributed by atoms with E-state index in [2.05, 4.69) is 13.8 Å². The summed E-state index contributed by atoms with van der Waals surface area (Å²) in [4.78, 5) is 24.3. The van der Waals surface area contributed by atoms with Crippen molar-refractivity contribution in [3.05, 3.63) is 0 Å². The summed E-state index contributed by atoms with van der Waals surface area (Å²) in [7, 11) is 0. The third-order valence-electron chi connectivity index (χ3n) is 7.99. The maximum absolute atomic E-state index is 12.9. The molecule has 1 heterocycles. The van der Waals surface area contributed by atoms with Crippen molar-refractivity contribution in [1.82, 2.24) is 0 Å². The number of aliphatic carboxylic acids is 1. The molecule has 0 aromatic heterocycles. The molecule has 0 aliphatic carbocycles. The van der Waals surface area contributed by atoms with Crippen molar-refractivity contribution >= 4 is 11.9 Å². The van der Waals surface area contributed by atoms with E-state index in [0.29, 0.717) is 12.8 Å². The van der Waals surface area contributed by atoms with E-state index in [9.17, 15) is 30.0 Å². The van der Waals surface area contributed by atoms with Gasteiger partial charge in [-0.1, -0.05) is 110 Å². The predicted octanol–water partition coefficient (Wildman–Crippen LogP) is 6.04. The number of esters is 1. The number of rotatable bonds is 25. The average molecular weight is 589 g/mol. The fraction of sp³-hybridized carbons (Fsp3) is 0.938. The molecular formula is C32H60O9. The zero-order valence-corrected chi connectivity index (χ0v) is 26.0. The standard InChI is InChI=1S/C32H60O9/c1-4-6-8-10-12-14-16-18-20-25(22-27(33)34)40-28(35)23-26(21-19-17-15-13-11-9-7-5-2)41-32-31(38)30(37)29(36)24(3)39-32/h24-26,29-32,36-38H,4-23H2,1-3H3,(H,33,34)/t24-,25?,26?,29-,30+,31+,32-/m0/s1. The molecule has 1 saturated heterocycles. The molecular weight excluding hydrogens is 528 g/mol. The van der Waals surface area contributed by atoms with Gasteiger partial charge >= 0.3 is 11.9 Å². The molecule has 0 saturated carbocycles. The van der Waals surface area contributed by atoms with Gasteiger partial charge in [-0.15, -0.1) is 0 Å². The summed E-state index contributed by atoms with van der Waals surface area (Å²) in [6, 6.07) is 0. The van der Waals surface area contributed by atoms with Crippen LogP contribution in [0.1, 0.15) is 149 Å². The molecule has 1 rings (SSSR count). The molecule has 1 fully saturated rings. The Morgan fingerprint density at radius 2 is 1.12 bits per heavy atom. The highest BCUT2D eigenvalue weighted by Crippen LogP contribution is 2.25. The van der Waals surface area contributed by atoms with Crippen molar-refractivity contribution < 1.29 is 44.2 Å². The molecule has 2 unspecified atom stereocenters. The molecule has 0 radical (unpaired) electrons. The lowest BCUT2D eigenvalue weighted by Gasteiger charge is -2.40. The van der Waals surface area contributed by atoms with Crippen molar-refractivity contribution in [2.24, 2.45) is 0 Å². The molecule has 0 bridgehead atoms. The first-order chi connectivity index (χ1) is 19.7. The summed E-state index contributed by atoms with van der Waals surface area (Å²) in [6.07, 6.45) is 11.2. The summed E-state index contributed by atoms with van der Waals surface area (Å²) in [5.74, 6) is -1.55. The average Bonchev–Trinajstić information content (AvgIpc) is 2.92. The number of ether oxygens (including phenoxy) is 3. The van der Waals surface area contributed by atoms with Crippen molar-refractivity contribution in [1.29, 1.82) is 0 Å². The van der Waals surface area contributed by atoms with Crippen LogP contribution in [-0.2, 0) is 23.8 Å². The molecule has 1 aliphatic rings. The monoisotopic (exact) mass is 588 g/mol. The van der Waals surface area contributed by atoms with E-state index in [-0.39, 0.29) is 12.8 Å². The van der Waals surface area contributed by atoms with Crippen LogP contribution in [0.3, 0.4) is 0 Å². The maximum atomic E-state index is 12.9. The van der Waals surface area contributed by atoms with Gasteiger partial charge in [0.2, 0.25) is 0 Å². The van der Waals surface area contributed by atoms with Crippen LogP contribution in [0.2, 0.25) is 0 Å². The largest absolute Gasteiger partial charge is 0.481 e. The number of aliphatic hydroxyl groups is 3. The molecule has 242 valence electrons. The van der Waals surface area contributed by atoms with Gasteiger partial charge in [-0.25, -0.2) is 0 Å². The van der Waals surface area contributed by atoms with Gasteiger partial charge in [0.05, 0.1) is 25.0 Å². The smallest absolute Gasteiger partial charge is 0.308 e. The number of carboxylic acid groups (broad SMARTS) is 1. The van der Waals surface area contributed by atoms with E-state index >= 15 is 0 Å². The van der Waals surface area contributed by atoms with Crippen LogP contribution < -0.4 is 0 Å². The minimum absolute atomic E-state index is 0.107. The molecule has 0 amide bonds. The summed E-state index contributed by atoms with van der Waals surface area (Å²) >= 11 is 0. The highest BCUT2D eigenvalue weighted by Gasteiger charge is 2.43. The number of carboxylic acids is 1. The summed E-state index contributed by atoms with van der Waals surface area (Å²) in [5, 5.41) is 40.0. The number of carbonyl (C=O) groups excluding carboxylic acids is 1. The van der Waals surface area contributed by atoms with Crippen LogP contribution in [0.15, 0.2) is 0 Å². The zero-order valence-electron chi connectivity index (χ0n) is 26.0. The van der Waals surface area contributed by atoms with Gasteiger partial charge < -0.3 is 34.6 Å². The SMILES string of the molecule is CCCCCCCCCCC(CC(=O)O)OC(=O)CC(CCCCCCCCCC)O[C@@H]1O[C@@H](C)[C@H](O)[C@@H](O)[C@H]1O. The van der Waals surface area contributed by atoms with Gasteiger partial charge in [-0.05, 0) is 26.2 Å². The third-order valence-corrected chi connectivity index (χ3v) is 7.99. The van der Waals surface area contributed by atoms with Gasteiger partial charge in [0.1, 0.15) is 24.4 Å². The molecule has 0 aromatic rings. The quantitative estimate of drug-likeness (QED) is 0.0741. The predicted molar refractivity (Wildman–Crippen MR) is 158 cm³/mol. The second kappa shape index (κ2) is 23.2. The Morgan fingerprint density at radius 3 is 1.61 bits per heavy atom. The number of hydrogen-bond acceptors (Lipinski definition) is 8. The van der Waals surface area contributed by atoms with Crippen molar-refractivity contribution in [3.63, 3.8) is 0 Å². The number of aliphatic hydroxyl groups excluding tert-OH is 3. The fourth-order valence-electron chi connectivity index (χ4n) is 5.36. The summed E-state index contributed by atoms with van der Waals surface area (Å²) in [6.45, 7) is 5.97. The van der Waals surface area contributed by atoms with E-state index in [4.69, 9.17) is 14.2 Å².